The summed E-state index contributed by atoms with van der Waals surface area (Å²) in [5.74, 6) is 1.01. The minimum absolute atomic E-state index is 0.722. The predicted octanol–water partition coefficient (Wildman–Crippen LogP) is 2.91. The van der Waals surface area contributed by atoms with E-state index >= 15 is 0 Å². The van der Waals surface area contributed by atoms with Gasteiger partial charge in [0.05, 0.1) is 12.9 Å². The highest BCUT2D eigenvalue weighted by Crippen LogP contribution is 2.23. The van der Waals surface area contributed by atoms with E-state index in [-0.39, 0.29) is 0 Å². The number of ether oxygens (including phenoxy) is 1. The van der Waals surface area contributed by atoms with Crippen LogP contribution in [0.15, 0.2) is 36.9 Å². The Bertz CT molecular complexity index is 561. The van der Waals surface area contributed by atoms with Crippen molar-refractivity contribution in [3.63, 3.8) is 0 Å². The van der Waals surface area contributed by atoms with Gasteiger partial charge in [-0.05, 0) is 32.3 Å². The molecule has 0 radical (unpaired) electrons. The van der Waals surface area contributed by atoms with Crippen molar-refractivity contribution < 1.29 is 4.74 Å². The number of hydrogen-bond donors (Lipinski definition) is 1. The van der Waals surface area contributed by atoms with E-state index in [1.165, 1.54) is 24.0 Å². The van der Waals surface area contributed by atoms with Gasteiger partial charge in [-0.1, -0.05) is 17.7 Å². The molecule has 0 amide bonds. The van der Waals surface area contributed by atoms with Crippen molar-refractivity contribution in [2.45, 2.75) is 45.3 Å². The molecule has 1 aliphatic rings. The van der Waals surface area contributed by atoms with E-state index in [9.17, 15) is 0 Å². The first-order chi connectivity index (χ1) is 10.3. The maximum Gasteiger partial charge on any atom is 0.123 e. The van der Waals surface area contributed by atoms with Crippen LogP contribution >= 0.6 is 0 Å². The second-order valence-electron chi connectivity index (χ2n) is 5.77. The molecule has 4 nitrogen and oxygen atoms in total. The van der Waals surface area contributed by atoms with Gasteiger partial charge in [0.2, 0.25) is 0 Å². The molecule has 0 unspecified atom stereocenters. The second kappa shape index (κ2) is 6.76. The van der Waals surface area contributed by atoms with E-state index in [4.69, 9.17) is 4.74 Å². The molecule has 0 saturated heterocycles. The maximum absolute atomic E-state index is 5.97. The molecule has 0 spiro atoms. The monoisotopic (exact) mass is 285 g/mol. The molecule has 112 valence electrons. The zero-order chi connectivity index (χ0) is 14.5. The van der Waals surface area contributed by atoms with Gasteiger partial charge in [-0.2, -0.15) is 0 Å². The molecule has 1 heterocycles. The lowest BCUT2D eigenvalue weighted by molar-refractivity contribution is 0.298. The highest BCUT2D eigenvalue weighted by molar-refractivity contribution is 5.37. The van der Waals surface area contributed by atoms with Crippen molar-refractivity contribution >= 4 is 0 Å². The molecule has 0 atom stereocenters. The molecule has 0 bridgehead atoms. The Kier molecular flexibility index (Phi) is 4.55. The van der Waals surface area contributed by atoms with Gasteiger partial charge in [0, 0.05) is 37.1 Å². The first kappa shape index (κ1) is 14.1. The minimum atomic E-state index is 0.722. The number of nitrogens with one attached hydrogen (secondary N) is 1. The third-order valence-electron chi connectivity index (χ3n) is 3.75. The number of nitrogens with zero attached hydrogens (tertiary/aromatic N) is 2. The van der Waals surface area contributed by atoms with Crippen LogP contribution in [-0.2, 0) is 13.1 Å². The van der Waals surface area contributed by atoms with E-state index in [1.54, 1.807) is 0 Å². The third-order valence-corrected chi connectivity index (χ3v) is 3.75. The number of imidazole rings is 1. The predicted molar refractivity (Wildman–Crippen MR) is 83.4 cm³/mol. The van der Waals surface area contributed by atoms with Gasteiger partial charge in [0.15, 0.2) is 0 Å². The van der Waals surface area contributed by atoms with Gasteiger partial charge in [-0.25, -0.2) is 4.98 Å². The van der Waals surface area contributed by atoms with E-state index in [0.717, 1.165) is 37.9 Å². The zero-order valence-electron chi connectivity index (χ0n) is 12.6. The van der Waals surface area contributed by atoms with Crippen molar-refractivity contribution in [2.75, 3.05) is 6.61 Å². The maximum atomic E-state index is 5.97. The minimum Gasteiger partial charge on any atom is -0.493 e. The van der Waals surface area contributed by atoms with Crippen LogP contribution < -0.4 is 10.1 Å². The number of aryl methyl sites for hydroxylation is 2. The SMILES string of the molecule is Cc1ccc(OCCCn2ccnc2)c(CNC2CC2)c1. The summed E-state index contributed by atoms with van der Waals surface area (Å²) < 4.78 is 8.05. The lowest BCUT2D eigenvalue weighted by atomic mass is 10.1. The smallest absolute Gasteiger partial charge is 0.123 e. The van der Waals surface area contributed by atoms with E-state index in [2.05, 4.69) is 40.0 Å². The fourth-order valence-electron chi connectivity index (χ4n) is 2.38. The van der Waals surface area contributed by atoms with Crippen molar-refractivity contribution in [3.05, 3.63) is 48.0 Å². The molecule has 0 aliphatic heterocycles. The summed E-state index contributed by atoms with van der Waals surface area (Å²) in [7, 11) is 0. The Hall–Kier alpha value is -1.81. The molecule has 1 aromatic carbocycles. The Morgan fingerprint density at radius 3 is 3.05 bits per heavy atom. The van der Waals surface area contributed by atoms with Crippen molar-refractivity contribution in [3.8, 4) is 5.75 Å². The molecule has 1 aliphatic carbocycles. The van der Waals surface area contributed by atoms with Gasteiger partial charge in [0.25, 0.3) is 0 Å². The Balaban J connectivity index is 1.50. The van der Waals surface area contributed by atoms with Gasteiger partial charge in [-0.15, -0.1) is 0 Å². The Morgan fingerprint density at radius 1 is 1.38 bits per heavy atom. The van der Waals surface area contributed by atoms with Crippen molar-refractivity contribution in [1.29, 1.82) is 0 Å². The number of hydrogen-bond acceptors (Lipinski definition) is 3. The fraction of sp³-hybridized carbons (Fsp3) is 0.471. The molecular weight excluding hydrogens is 262 g/mol. The van der Waals surface area contributed by atoms with E-state index in [1.807, 2.05) is 18.7 Å². The quantitative estimate of drug-likeness (QED) is 0.758. The highest BCUT2D eigenvalue weighted by Gasteiger charge is 2.20. The van der Waals surface area contributed by atoms with Gasteiger partial charge < -0.3 is 14.6 Å². The zero-order valence-corrected chi connectivity index (χ0v) is 12.6. The molecule has 1 N–H and O–H groups in total. The van der Waals surface area contributed by atoms with Crippen molar-refractivity contribution in [1.82, 2.24) is 14.9 Å². The molecule has 3 rings (SSSR count). The summed E-state index contributed by atoms with van der Waals surface area (Å²) in [6.07, 6.45) is 9.25. The number of aromatic nitrogens is 2. The topological polar surface area (TPSA) is 39.1 Å². The highest BCUT2D eigenvalue weighted by atomic mass is 16.5. The number of benzene rings is 1. The van der Waals surface area contributed by atoms with Crippen LogP contribution in [0.3, 0.4) is 0 Å². The lowest BCUT2D eigenvalue weighted by Crippen LogP contribution is -2.16. The summed E-state index contributed by atoms with van der Waals surface area (Å²) in [6, 6.07) is 7.16. The van der Waals surface area contributed by atoms with Gasteiger partial charge in [0.1, 0.15) is 5.75 Å². The lowest BCUT2D eigenvalue weighted by Gasteiger charge is -2.13. The second-order valence-corrected chi connectivity index (χ2v) is 5.77. The normalized spacial score (nSPS) is 14.3. The first-order valence-corrected chi connectivity index (χ1v) is 7.73. The molecule has 1 fully saturated rings. The molecular formula is C17H23N3O. The summed E-state index contributed by atoms with van der Waals surface area (Å²) in [4.78, 5) is 4.04. The van der Waals surface area contributed by atoms with Crippen LogP contribution in [0.2, 0.25) is 0 Å². The largest absolute Gasteiger partial charge is 0.493 e. The summed E-state index contributed by atoms with van der Waals surface area (Å²) in [5.41, 5.74) is 2.55. The van der Waals surface area contributed by atoms with Crippen LogP contribution in [0.5, 0.6) is 5.75 Å². The average Bonchev–Trinajstić information content (AvgIpc) is 3.17. The molecule has 21 heavy (non-hydrogen) atoms. The fourth-order valence-corrected chi connectivity index (χ4v) is 2.38. The van der Waals surface area contributed by atoms with Crippen molar-refractivity contribution in [2.24, 2.45) is 0 Å². The molecule has 1 aromatic heterocycles. The number of rotatable bonds is 8. The van der Waals surface area contributed by atoms with Crippen LogP contribution in [-0.4, -0.2) is 22.2 Å². The van der Waals surface area contributed by atoms with Gasteiger partial charge >= 0.3 is 0 Å². The molecule has 4 heteroatoms. The summed E-state index contributed by atoms with van der Waals surface area (Å²) >= 11 is 0. The molecule has 1 saturated carbocycles. The van der Waals surface area contributed by atoms with Crippen LogP contribution in [0.25, 0.3) is 0 Å². The van der Waals surface area contributed by atoms with E-state index in [0.29, 0.717) is 0 Å². The molecule has 2 aromatic rings. The van der Waals surface area contributed by atoms with E-state index < -0.39 is 0 Å². The first-order valence-electron chi connectivity index (χ1n) is 7.73. The standard InChI is InChI=1S/C17H23N3O/c1-14-3-6-17(15(11-14)12-19-16-4-5-16)21-10-2-8-20-9-7-18-13-20/h3,6-7,9,11,13,16,19H,2,4-5,8,10,12H2,1H3. The summed E-state index contributed by atoms with van der Waals surface area (Å²) in [5, 5.41) is 3.56. The summed E-state index contributed by atoms with van der Waals surface area (Å²) in [6.45, 7) is 4.71. The Morgan fingerprint density at radius 2 is 2.29 bits per heavy atom. The van der Waals surface area contributed by atoms with Crippen LogP contribution in [0, 0.1) is 6.92 Å². The van der Waals surface area contributed by atoms with Gasteiger partial charge in [-0.3, -0.25) is 0 Å². The third kappa shape index (κ3) is 4.33. The average molecular weight is 285 g/mol. The van der Waals surface area contributed by atoms with Crippen LogP contribution in [0.1, 0.15) is 30.4 Å². The Labute approximate surface area is 126 Å². The van der Waals surface area contributed by atoms with Crippen LogP contribution in [0.4, 0.5) is 0 Å².